The topological polar surface area (TPSA) is 41.0 Å². The van der Waals surface area contributed by atoms with E-state index in [0.717, 1.165) is 24.0 Å². The predicted molar refractivity (Wildman–Crippen MR) is 64.5 cm³/mol. The van der Waals surface area contributed by atoms with Crippen molar-refractivity contribution in [2.45, 2.75) is 26.7 Å². The molecule has 1 N–H and O–H groups in total. The van der Waals surface area contributed by atoms with Crippen molar-refractivity contribution in [3.63, 3.8) is 0 Å². The van der Waals surface area contributed by atoms with E-state index in [-0.39, 0.29) is 0 Å². The summed E-state index contributed by atoms with van der Waals surface area (Å²) in [5, 5.41) is 3.04. The zero-order valence-corrected chi connectivity index (χ0v) is 10.0. The summed E-state index contributed by atoms with van der Waals surface area (Å²) in [5.74, 6) is 2.67. The molecule has 0 saturated carbocycles. The molecule has 0 saturated heterocycles. The first-order valence-corrected chi connectivity index (χ1v) is 5.42. The van der Waals surface area contributed by atoms with Gasteiger partial charge in [0.05, 0.1) is 0 Å². The number of hydrogen-bond acceptors (Lipinski definition) is 4. The lowest BCUT2D eigenvalue weighted by atomic mass is 10.3. The average Bonchev–Trinajstić information content (AvgIpc) is 2.24. The Balaban J connectivity index is 2.78. The van der Waals surface area contributed by atoms with E-state index in [1.54, 1.807) is 0 Å². The molecule has 1 rings (SSSR count). The van der Waals surface area contributed by atoms with E-state index >= 15 is 0 Å². The summed E-state index contributed by atoms with van der Waals surface area (Å²) in [6, 6.07) is 1.97. The van der Waals surface area contributed by atoms with Gasteiger partial charge in [-0.2, -0.15) is 0 Å². The summed E-state index contributed by atoms with van der Waals surface area (Å²) < 4.78 is 0. The Morgan fingerprint density at radius 2 is 2.13 bits per heavy atom. The van der Waals surface area contributed by atoms with Crippen molar-refractivity contribution in [3.8, 4) is 0 Å². The minimum absolute atomic E-state index is 0.806. The minimum Gasteiger partial charge on any atom is -0.373 e. The summed E-state index contributed by atoms with van der Waals surface area (Å²) in [6.07, 6.45) is 2.39. The van der Waals surface area contributed by atoms with Crippen LogP contribution in [-0.4, -0.2) is 30.6 Å². The number of rotatable bonds is 5. The number of anilines is 2. The van der Waals surface area contributed by atoms with Crippen molar-refractivity contribution in [3.05, 3.63) is 11.9 Å². The fourth-order valence-corrected chi connectivity index (χ4v) is 1.39. The van der Waals surface area contributed by atoms with Crippen LogP contribution in [0.5, 0.6) is 0 Å². The number of aryl methyl sites for hydroxylation is 1. The highest BCUT2D eigenvalue weighted by Gasteiger charge is 2.04. The van der Waals surface area contributed by atoms with Crippen LogP contribution in [-0.2, 0) is 0 Å². The molecule has 4 nitrogen and oxygen atoms in total. The minimum atomic E-state index is 0.806. The maximum Gasteiger partial charge on any atom is 0.134 e. The third-order valence-corrected chi connectivity index (χ3v) is 2.32. The van der Waals surface area contributed by atoms with Gasteiger partial charge in [-0.25, -0.2) is 9.97 Å². The Morgan fingerprint density at radius 1 is 1.40 bits per heavy atom. The molecule has 0 amide bonds. The molecule has 84 valence electrons. The zero-order chi connectivity index (χ0) is 11.3. The Bertz CT molecular complexity index is 311. The molecule has 0 fully saturated rings. The molecule has 1 heterocycles. The molecular weight excluding hydrogens is 188 g/mol. The van der Waals surface area contributed by atoms with Crippen molar-refractivity contribution in [1.82, 2.24) is 9.97 Å². The summed E-state index contributed by atoms with van der Waals surface area (Å²) in [5.41, 5.74) is 0. The fourth-order valence-electron chi connectivity index (χ4n) is 1.39. The molecule has 1 aromatic rings. The van der Waals surface area contributed by atoms with Gasteiger partial charge in [0.2, 0.25) is 0 Å². The average molecular weight is 208 g/mol. The van der Waals surface area contributed by atoms with Crippen molar-refractivity contribution in [2.75, 3.05) is 30.9 Å². The van der Waals surface area contributed by atoms with E-state index in [4.69, 9.17) is 0 Å². The molecule has 15 heavy (non-hydrogen) atoms. The molecular formula is C11H20N4. The van der Waals surface area contributed by atoms with E-state index in [1.165, 1.54) is 12.8 Å². The van der Waals surface area contributed by atoms with Gasteiger partial charge < -0.3 is 10.2 Å². The Morgan fingerprint density at radius 3 is 2.73 bits per heavy atom. The number of aromatic nitrogens is 2. The molecule has 0 spiro atoms. The molecule has 0 bridgehead atoms. The molecule has 0 aliphatic carbocycles. The smallest absolute Gasteiger partial charge is 0.134 e. The number of nitrogens with one attached hydrogen (secondary N) is 1. The van der Waals surface area contributed by atoms with Crippen molar-refractivity contribution in [1.29, 1.82) is 0 Å². The second kappa shape index (κ2) is 5.53. The van der Waals surface area contributed by atoms with Crippen LogP contribution in [0.3, 0.4) is 0 Å². The second-order valence-electron chi connectivity index (χ2n) is 3.68. The maximum absolute atomic E-state index is 4.41. The first kappa shape index (κ1) is 11.8. The van der Waals surface area contributed by atoms with E-state index in [9.17, 15) is 0 Å². The monoisotopic (exact) mass is 208 g/mol. The van der Waals surface area contributed by atoms with E-state index in [0.29, 0.717) is 0 Å². The fraction of sp³-hybridized carbons (Fsp3) is 0.636. The van der Waals surface area contributed by atoms with Gasteiger partial charge in [-0.15, -0.1) is 0 Å². The number of hydrogen-bond donors (Lipinski definition) is 1. The molecule has 0 aromatic carbocycles. The van der Waals surface area contributed by atoms with Gasteiger partial charge >= 0.3 is 0 Å². The van der Waals surface area contributed by atoms with Crippen LogP contribution in [0.1, 0.15) is 25.6 Å². The van der Waals surface area contributed by atoms with Crippen LogP contribution in [0.4, 0.5) is 11.6 Å². The van der Waals surface area contributed by atoms with Crippen LogP contribution in [0.15, 0.2) is 6.07 Å². The van der Waals surface area contributed by atoms with Gasteiger partial charge in [-0.3, -0.25) is 0 Å². The van der Waals surface area contributed by atoms with Crippen LogP contribution in [0.2, 0.25) is 0 Å². The van der Waals surface area contributed by atoms with Crippen molar-refractivity contribution < 1.29 is 0 Å². The number of unbranched alkanes of at least 4 members (excludes halogenated alkanes) is 1. The van der Waals surface area contributed by atoms with E-state index in [2.05, 4.69) is 34.2 Å². The van der Waals surface area contributed by atoms with E-state index < -0.39 is 0 Å². The molecule has 0 aliphatic heterocycles. The zero-order valence-electron chi connectivity index (χ0n) is 10.0. The van der Waals surface area contributed by atoms with Crippen LogP contribution < -0.4 is 10.2 Å². The standard InChI is InChI=1S/C11H20N4/c1-5-6-7-15(4)11-8-10(12-3)13-9(2)14-11/h8H,5-7H2,1-4H3,(H,12,13,14). The van der Waals surface area contributed by atoms with Crippen molar-refractivity contribution >= 4 is 11.6 Å². The highest BCUT2D eigenvalue weighted by molar-refractivity contribution is 5.48. The Labute approximate surface area is 91.7 Å². The van der Waals surface area contributed by atoms with Gasteiger partial charge in [-0.05, 0) is 13.3 Å². The quantitative estimate of drug-likeness (QED) is 0.804. The van der Waals surface area contributed by atoms with Crippen LogP contribution in [0, 0.1) is 6.92 Å². The first-order chi connectivity index (χ1) is 7.17. The van der Waals surface area contributed by atoms with Crippen LogP contribution in [0.25, 0.3) is 0 Å². The van der Waals surface area contributed by atoms with E-state index in [1.807, 2.05) is 20.0 Å². The predicted octanol–water partition coefficient (Wildman–Crippen LogP) is 2.06. The van der Waals surface area contributed by atoms with Crippen molar-refractivity contribution in [2.24, 2.45) is 0 Å². The maximum atomic E-state index is 4.41. The molecule has 0 aliphatic rings. The van der Waals surface area contributed by atoms with Gasteiger partial charge in [-0.1, -0.05) is 13.3 Å². The summed E-state index contributed by atoms with van der Waals surface area (Å²) in [6.45, 7) is 5.15. The molecule has 0 unspecified atom stereocenters. The van der Waals surface area contributed by atoms with Gasteiger partial charge in [0.25, 0.3) is 0 Å². The Kier molecular flexibility index (Phi) is 4.34. The summed E-state index contributed by atoms with van der Waals surface area (Å²) >= 11 is 0. The van der Waals surface area contributed by atoms with Gasteiger partial charge in [0.15, 0.2) is 0 Å². The third-order valence-electron chi connectivity index (χ3n) is 2.32. The third kappa shape index (κ3) is 3.38. The summed E-state index contributed by atoms with van der Waals surface area (Å²) in [7, 11) is 3.94. The lowest BCUT2D eigenvalue weighted by molar-refractivity contribution is 0.756. The molecule has 1 aromatic heterocycles. The largest absolute Gasteiger partial charge is 0.373 e. The highest BCUT2D eigenvalue weighted by Crippen LogP contribution is 2.14. The highest BCUT2D eigenvalue weighted by atomic mass is 15.2. The lowest BCUT2D eigenvalue weighted by Gasteiger charge is -2.18. The van der Waals surface area contributed by atoms with Gasteiger partial charge in [0, 0.05) is 26.7 Å². The lowest BCUT2D eigenvalue weighted by Crippen LogP contribution is -2.20. The first-order valence-electron chi connectivity index (χ1n) is 5.42. The molecule has 4 heteroatoms. The molecule has 0 radical (unpaired) electrons. The Hall–Kier alpha value is -1.32. The summed E-state index contributed by atoms with van der Waals surface area (Å²) in [4.78, 5) is 10.8. The van der Waals surface area contributed by atoms with Gasteiger partial charge in [0.1, 0.15) is 17.5 Å². The normalized spacial score (nSPS) is 10.1. The second-order valence-corrected chi connectivity index (χ2v) is 3.68. The van der Waals surface area contributed by atoms with Crippen LogP contribution >= 0.6 is 0 Å². The number of nitrogens with zero attached hydrogens (tertiary/aromatic N) is 3. The molecule has 0 atom stereocenters. The SMILES string of the molecule is CCCCN(C)c1cc(NC)nc(C)n1.